The van der Waals surface area contributed by atoms with Gasteiger partial charge in [0, 0.05) is 25.7 Å². The molecule has 2 amide bonds. The second-order valence-electron chi connectivity index (χ2n) is 4.73. The van der Waals surface area contributed by atoms with Crippen LogP contribution >= 0.6 is 0 Å². The maximum Gasteiger partial charge on any atom is 0.317 e. The molecule has 1 rings (SSSR count). The number of piperidine rings is 1. The summed E-state index contributed by atoms with van der Waals surface area (Å²) >= 11 is 0. The number of urea groups is 1. The second-order valence-corrected chi connectivity index (χ2v) is 4.73. The molecule has 0 aromatic heterocycles. The Hall–Kier alpha value is -0.770. The molecule has 2 atom stereocenters. The number of amides is 2. The van der Waals surface area contributed by atoms with Crippen LogP contribution in [0.2, 0.25) is 0 Å². The molecule has 0 unspecified atom stereocenters. The number of carbonyl (C=O) groups is 1. The van der Waals surface area contributed by atoms with E-state index in [0.29, 0.717) is 5.92 Å². The Morgan fingerprint density at radius 3 is 3.00 bits per heavy atom. The average molecular weight is 228 g/mol. The van der Waals surface area contributed by atoms with Gasteiger partial charge in [0.1, 0.15) is 0 Å². The van der Waals surface area contributed by atoms with Crippen LogP contribution < -0.4 is 5.32 Å². The molecule has 0 spiro atoms. The third kappa shape index (κ3) is 4.00. The van der Waals surface area contributed by atoms with Crippen LogP contribution in [0.15, 0.2) is 0 Å². The molecule has 0 radical (unpaired) electrons. The van der Waals surface area contributed by atoms with Gasteiger partial charge in [0.05, 0.1) is 0 Å². The standard InChI is InChI=1S/C12H24N2O2/c1-3-10(2)13-12(16)14-7-4-5-11(9-14)6-8-15/h10-11,15H,3-9H2,1-2H3,(H,13,16)/t10-,11+/m1/s1. The Morgan fingerprint density at radius 1 is 1.62 bits per heavy atom. The van der Waals surface area contributed by atoms with E-state index in [2.05, 4.69) is 12.2 Å². The Balaban J connectivity index is 2.37. The molecular formula is C12H24N2O2. The lowest BCUT2D eigenvalue weighted by Crippen LogP contribution is -2.48. The SMILES string of the molecule is CC[C@@H](C)NC(=O)N1CCC[C@@H](CCO)C1. The zero-order valence-corrected chi connectivity index (χ0v) is 10.4. The van der Waals surface area contributed by atoms with Crippen LogP contribution in [0.3, 0.4) is 0 Å². The largest absolute Gasteiger partial charge is 0.396 e. The van der Waals surface area contributed by atoms with Gasteiger partial charge in [-0.2, -0.15) is 0 Å². The highest BCUT2D eigenvalue weighted by molar-refractivity contribution is 5.74. The van der Waals surface area contributed by atoms with Gasteiger partial charge in [-0.3, -0.25) is 0 Å². The lowest BCUT2D eigenvalue weighted by atomic mass is 9.95. The van der Waals surface area contributed by atoms with Crippen molar-refractivity contribution in [3.05, 3.63) is 0 Å². The fourth-order valence-electron chi connectivity index (χ4n) is 2.07. The van der Waals surface area contributed by atoms with E-state index in [-0.39, 0.29) is 18.7 Å². The number of hydrogen-bond donors (Lipinski definition) is 2. The molecule has 1 heterocycles. The van der Waals surface area contributed by atoms with Crippen molar-refractivity contribution in [2.45, 2.75) is 45.6 Å². The quantitative estimate of drug-likeness (QED) is 0.767. The molecule has 4 heteroatoms. The second kappa shape index (κ2) is 6.74. The van der Waals surface area contributed by atoms with Crippen LogP contribution in [0.4, 0.5) is 4.79 Å². The van der Waals surface area contributed by atoms with E-state index in [4.69, 9.17) is 5.11 Å². The van der Waals surface area contributed by atoms with Crippen molar-refractivity contribution in [1.29, 1.82) is 0 Å². The van der Waals surface area contributed by atoms with Crippen molar-refractivity contribution < 1.29 is 9.90 Å². The summed E-state index contributed by atoms with van der Waals surface area (Å²) in [5.41, 5.74) is 0. The maximum absolute atomic E-state index is 11.9. The first-order chi connectivity index (χ1) is 7.67. The van der Waals surface area contributed by atoms with E-state index in [9.17, 15) is 4.79 Å². The molecule has 0 aromatic rings. The van der Waals surface area contributed by atoms with Gasteiger partial charge in [-0.15, -0.1) is 0 Å². The molecule has 0 saturated carbocycles. The van der Waals surface area contributed by atoms with E-state index in [1.807, 2.05) is 11.8 Å². The molecule has 0 aromatic carbocycles. The van der Waals surface area contributed by atoms with Crippen molar-refractivity contribution in [3.63, 3.8) is 0 Å². The van der Waals surface area contributed by atoms with E-state index in [1.165, 1.54) is 0 Å². The minimum Gasteiger partial charge on any atom is -0.396 e. The highest BCUT2D eigenvalue weighted by atomic mass is 16.3. The fraction of sp³-hybridized carbons (Fsp3) is 0.917. The molecule has 16 heavy (non-hydrogen) atoms. The van der Waals surface area contributed by atoms with Gasteiger partial charge in [-0.1, -0.05) is 6.92 Å². The number of rotatable bonds is 4. The summed E-state index contributed by atoms with van der Waals surface area (Å²) in [4.78, 5) is 13.8. The van der Waals surface area contributed by atoms with Gasteiger partial charge in [0.15, 0.2) is 0 Å². The van der Waals surface area contributed by atoms with E-state index in [1.54, 1.807) is 0 Å². The lowest BCUT2D eigenvalue weighted by molar-refractivity contribution is 0.148. The predicted octanol–water partition coefficient (Wildman–Crippen LogP) is 1.59. The van der Waals surface area contributed by atoms with Gasteiger partial charge in [0.2, 0.25) is 0 Å². The topological polar surface area (TPSA) is 52.6 Å². The first-order valence-corrected chi connectivity index (χ1v) is 6.33. The Kier molecular flexibility index (Phi) is 5.60. The van der Waals surface area contributed by atoms with Crippen LogP contribution in [0, 0.1) is 5.92 Å². The molecule has 94 valence electrons. The molecular weight excluding hydrogens is 204 g/mol. The normalized spacial score (nSPS) is 22.9. The van der Waals surface area contributed by atoms with Crippen molar-refractivity contribution >= 4 is 6.03 Å². The maximum atomic E-state index is 11.9. The summed E-state index contributed by atoms with van der Waals surface area (Å²) in [6.07, 6.45) is 3.96. The predicted molar refractivity (Wildman–Crippen MR) is 64.3 cm³/mol. The van der Waals surface area contributed by atoms with Crippen molar-refractivity contribution in [2.75, 3.05) is 19.7 Å². The summed E-state index contributed by atoms with van der Waals surface area (Å²) < 4.78 is 0. The highest BCUT2D eigenvalue weighted by Gasteiger charge is 2.23. The average Bonchev–Trinajstić information content (AvgIpc) is 2.29. The number of likely N-dealkylation sites (tertiary alicyclic amines) is 1. The lowest BCUT2D eigenvalue weighted by Gasteiger charge is -2.33. The summed E-state index contributed by atoms with van der Waals surface area (Å²) in [7, 11) is 0. The first kappa shape index (κ1) is 13.3. The minimum absolute atomic E-state index is 0.0528. The zero-order valence-electron chi connectivity index (χ0n) is 10.4. The Bertz CT molecular complexity index is 219. The molecule has 0 bridgehead atoms. The van der Waals surface area contributed by atoms with Gasteiger partial charge < -0.3 is 15.3 Å². The van der Waals surface area contributed by atoms with Gasteiger partial charge in [-0.05, 0) is 38.5 Å². The van der Waals surface area contributed by atoms with E-state index < -0.39 is 0 Å². The summed E-state index contributed by atoms with van der Waals surface area (Å²) in [5, 5.41) is 11.9. The number of nitrogens with zero attached hydrogens (tertiary/aromatic N) is 1. The summed E-state index contributed by atoms with van der Waals surface area (Å²) in [6.45, 7) is 5.96. The number of aliphatic hydroxyl groups excluding tert-OH is 1. The zero-order chi connectivity index (χ0) is 12.0. The summed E-state index contributed by atoms with van der Waals surface area (Å²) in [6, 6.07) is 0.294. The highest BCUT2D eigenvalue weighted by Crippen LogP contribution is 2.19. The monoisotopic (exact) mass is 228 g/mol. The third-order valence-corrected chi connectivity index (χ3v) is 3.33. The van der Waals surface area contributed by atoms with Crippen molar-refractivity contribution in [2.24, 2.45) is 5.92 Å². The van der Waals surface area contributed by atoms with E-state index >= 15 is 0 Å². The Morgan fingerprint density at radius 2 is 2.38 bits per heavy atom. The number of aliphatic hydroxyl groups is 1. The van der Waals surface area contributed by atoms with Crippen LogP contribution in [-0.4, -0.2) is 41.8 Å². The number of hydrogen-bond acceptors (Lipinski definition) is 2. The van der Waals surface area contributed by atoms with Crippen LogP contribution in [-0.2, 0) is 0 Å². The van der Waals surface area contributed by atoms with Crippen LogP contribution in [0.25, 0.3) is 0 Å². The Labute approximate surface area is 98.0 Å². The van der Waals surface area contributed by atoms with E-state index in [0.717, 1.165) is 38.8 Å². The van der Waals surface area contributed by atoms with Crippen LogP contribution in [0.5, 0.6) is 0 Å². The summed E-state index contributed by atoms with van der Waals surface area (Å²) in [5.74, 6) is 0.474. The molecule has 1 aliphatic rings. The van der Waals surface area contributed by atoms with Gasteiger partial charge in [-0.25, -0.2) is 4.79 Å². The third-order valence-electron chi connectivity index (χ3n) is 3.33. The van der Waals surface area contributed by atoms with Crippen LogP contribution in [0.1, 0.15) is 39.5 Å². The number of nitrogens with one attached hydrogen (secondary N) is 1. The first-order valence-electron chi connectivity index (χ1n) is 6.33. The molecule has 2 N–H and O–H groups in total. The van der Waals surface area contributed by atoms with Crippen molar-refractivity contribution in [1.82, 2.24) is 10.2 Å². The minimum atomic E-state index is 0.0528. The molecule has 0 aliphatic carbocycles. The van der Waals surface area contributed by atoms with Crippen molar-refractivity contribution in [3.8, 4) is 0 Å². The number of carbonyl (C=O) groups excluding carboxylic acids is 1. The van der Waals surface area contributed by atoms with Gasteiger partial charge in [0.25, 0.3) is 0 Å². The molecule has 1 aliphatic heterocycles. The molecule has 1 fully saturated rings. The molecule has 4 nitrogen and oxygen atoms in total. The fourth-order valence-corrected chi connectivity index (χ4v) is 2.07. The smallest absolute Gasteiger partial charge is 0.317 e. The molecule has 1 saturated heterocycles. The van der Waals surface area contributed by atoms with Gasteiger partial charge >= 0.3 is 6.03 Å².